The molecule has 0 unspecified atom stereocenters. The molecule has 0 spiro atoms. The molecule has 100 valence electrons. The molecule has 0 aliphatic carbocycles. The fraction of sp³-hybridized carbons (Fsp3) is 0.286. The zero-order valence-electron chi connectivity index (χ0n) is 11.2. The van der Waals surface area contributed by atoms with Crippen LogP contribution in [0.4, 0.5) is 4.39 Å². The van der Waals surface area contributed by atoms with Gasteiger partial charge in [0.2, 0.25) is 5.43 Å². The van der Waals surface area contributed by atoms with Gasteiger partial charge in [-0.25, -0.2) is 9.18 Å². The molecule has 0 amide bonds. The number of aryl methyl sites for hydroxylation is 3. The smallest absolute Gasteiger partial charge is 0.341 e. The number of pyridine rings is 1. The highest BCUT2D eigenvalue weighted by Crippen LogP contribution is 2.26. The molecule has 2 aromatic rings. The first kappa shape index (κ1) is 13.3. The summed E-state index contributed by atoms with van der Waals surface area (Å²) in [6.07, 6.45) is 1.23. The van der Waals surface area contributed by atoms with E-state index in [-0.39, 0.29) is 16.8 Å². The molecule has 0 saturated heterocycles. The fourth-order valence-corrected chi connectivity index (χ4v) is 2.42. The Bertz CT molecular complexity index is 775. The molecular weight excluding hydrogens is 249 g/mol. The first-order valence-electron chi connectivity index (χ1n) is 5.79. The van der Waals surface area contributed by atoms with E-state index in [1.807, 2.05) is 0 Å². The number of nitrogens with zero attached hydrogens (tertiary/aromatic N) is 1. The summed E-state index contributed by atoms with van der Waals surface area (Å²) in [5, 5.41) is 9.32. The van der Waals surface area contributed by atoms with E-state index in [9.17, 15) is 14.0 Å². The second-order valence-electron chi connectivity index (χ2n) is 4.70. The van der Waals surface area contributed by atoms with Crippen LogP contribution in [-0.2, 0) is 7.05 Å². The van der Waals surface area contributed by atoms with Crippen molar-refractivity contribution < 1.29 is 14.3 Å². The van der Waals surface area contributed by atoms with Crippen molar-refractivity contribution in [2.45, 2.75) is 20.8 Å². The molecule has 1 aromatic carbocycles. The van der Waals surface area contributed by atoms with Crippen LogP contribution in [0.2, 0.25) is 0 Å². The molecule has 0 radical (unpaired) electrons. The third kappa shape index (κ3) is 1.73. The van der Waals surface area contributed by atoms with Crippen LogP contribution in [0.1, 0.15) is 27.0 Å². The number of fused-ring (bicyclic) bond motifs is 1. The normalized spacial score (nSPS) is 11.0. The number of carboxylic acid groups (broad SMARTS) is 1. The fourth-order valence-electron chi connectivity index (χ4n) is 2.42. The summed E-state index contributed by atoms with van der Waals surface area (Å²) < 4.78 is 15.6. The van der Waals surface area contributed by atoms with Gasteiger partial charge in [0.05, 0.1) is 10.9 Å². The number of benzene rings is 1. The number of carbonyl (C=O) groups is 1. The lowest BCUT2D eigenvalue weighted by atomic mass is 9.97. The Morgan fingerprint density at radius 1 is 1.21 bits per heavy atom. The van der Waals surface area contributed by atoms with Crippen LogP contribution in [-0.4, -0.2) is 15.6 Å². The Balaban J connectivity index is 3.18. The summed E-state index contributed by atoms with van der Waals surface area (Å²) in [5.74, 6) is -1.63. The Hall–Kier alpha value is -2.17. The maximum atomic E-state index is 14.1. The maximum Gasteiger partial charge on any atom is 0.341 e. The molecule has 1 N–H and O–H groups in total. The van der Waals surface area contributed by atoms with Gasteiger partial charge in [-0.3, -0.25) is 4.79 Å². The first-order valence-corrected chi connectivity index (χ1v) is 5.79. The van der Waals surface area contributed by atoms with Crippen LogP contribution in [0.3, 0.4) is 0 Å². The van der Waals surface area contributed by atoms with Gasteiger partial charge in [-0.05, 0) is 31.9 Å². The zero-order valence-corrected chi connectivity index (χ0v) is 11.2. The standard InChI is InChI=1S/C14H14FNO3/c1-6-7(2)11(15)8(3)12-10(6)13(17)9(14(18)19)5-16(12)4/h5H,1-4H3,(H,18,19). The van der Waals surface area contributed by atoms with Crippen LogP contribution in [0, 0.1) is 26.6 Å². The molecule has 0 fully saturated rings. The minimum Gasteiger partial charge on any atom is -0.477 e. The van der Waals surface area contributed by atoms with Gasteiger partial charge in [0, 0.05) is 18.8 Å². The topological polar surface area (TPSA) is 59.3 Å². The number of carboxylic acids is 1. The van der Waals surface area contributed by atoms with Gasteiger partial charge in [0.25, 0.3) is 0 Å². The predicted molar refractivity (Wildman–Crippen MR) is 70.3 cm³/mol. The Morgan fingerprint density at radius 2 is 1.79 bits per heavy atom. The third-order valence-corrected chi connectivity index (χ3v) is 3.57. The Labute approximate surface area is 109 Å². The van der Waals surface area contributed by atoms with E-state index < -0.39 is 11.4 Å². The number of hydrogen-bond acceptors (Lipinski definition) is 2. The lowest BCUT2D eigenvalue weighted by molar-refractivity contribution is 0.0695. The summed E-state index contributed by atoms with van der Waals surface area (Å²) in [5.41, 5.74) is 0.796. The zero-order chi connectivity index (χ0) is 14.5. The Kier molecular flexibility index (Phi) is 2.92. The number of aromatic carboxylic acids is 1. The lowest BCUT2D eigenvalue weighted by Gasteiger charge is -2.15. The molecule has 1 aromatic heterocycles. The minimum atomic E-state index is -1.28. The molecule has 0 aliphatic heterocycles. The molecule has 1 heterocycles. The quantitative estimate of drug-likeness (QED) is 0.858. The third-order valence-electron chi connectivity index (χ3n) is 3.57. The van der Waals surface area contributed by atoms with Crippen molar-refractivity contribution in [1.82, 2.24) is 4.57 Å². The van der Waals surface area contributed by atoms with Crippen LogP contribution in [0.15, 0.2) is 11.0 Å². The van der Waals surface area contributed by atoms with E-state index in [1.54, 1.807) is 27.8 Å². The highest BCUT2D eigenvalue weighted by molar-refractivity contribution is 5.95. The van der Waals surface area contributed by atoms with E-state index in [2.05, 4.69) is 0 Å². The average molecular weight is 263 g/mol. The van der Waals surface area contributed by atoms with E-state index in [4.69, 9.17) is 5.11 Å². The van der Waals surface area contributed by atoms with Crippen molar-refractivity contribution in [3.05, 3.63) is 44.5 Å². The maximum absolute atomic E-state index is 14.1. The summed E-state index contributed by atoms with van der Waals surface area (Å²) >= 11 is 0. The average Bonchev–Trinajstić information content (AvgIpc) is 2.35. The highest BCUT2D eigenvalue weighted by Gasteiger charge is 2.20. The molecule has 5 heteroatoms. The van der Waals surface area contributed by atoms with Crippen molar-refractivity contribution in [2.24, 2.45) is 7.05 Å². The molecule has 0 saturated carbocycles. The molecule has 0 bridgehead atoms. The predicted octanol–water partition coefficient (Wildman–Crippen LogP) is 2.30. The van der Waals surface area contributed by atoms with Gasteiger partial charge in [0.15, 0.2) is 0 Å². The SMILES string of the molecule is Cc1c(F)c(C)c2c(c1C)c(=O)c(C(=O)O)cn2C. The van der Waals surface area contributed by atoms with E-state index in [0.29, 0.717) is 22.2 Å². The van der Waals surface area contributed by atoms with Gasteiger partial charge in [-0.2, -0.15) is 0 Å². The summed E-state index contributed by atoms with van der Waals surface area (Å²) in [6.45, 7) is 4.81. The van der Waals surface area contributed by atoms with Gasteiger partial charge in [-0.1, -0.05) is 0 Å². The van der Waals surface area contributed by atoms with Gasteiger partial charge in [0.1, 0.15) is 11.4 Å². The molecule has 2 rings (SSSR count). The van der Waals surface area contributed by atoms with Crippen LogP contribution < -0.4 is 5.43 Å². The van der Waals surface area contributed by atoms with Crippen molar-refractivity contribution in [1.29, 1.82) is 0 Å². The monoisotopic (exact) mass is 263 g/mol. The second-order valence-corrected chi connectivity index (χ2v) is 4.70. The minimum absolute atomic E-state index is 0.277. The number of hydrogen-bond donors (Lipinski definition) is 1. The second kappa shape index (κ2) is 4.19. The number of halogens is 1. The molecule has 0 aliphatic rings. The lowest BCUT2D eigenvalue weighted by Crippen LogP contribution is -2.20. The van der Waals surface area contributed by atoms with Crippen LogP contribution >= 0.6 is 0 Å². The van der Waals surface area contributed by atoms with E-state index in [0.717, 1.165) is 0 Å². The van der Waals surface area contributed by atoms with E-state index >= 15 is 0 Å². The van der Waals surface area contributed by atoms with Gasteiger partial charge in [-0.15, -0.1) is 0 Å². The molecule has 4 nitrogen and oxygen atoms in total. The van der Waals surface area contributed by atoms with Crippen molar-refractivity contribution in [2.75, 3.05) is 0 Å². The van der Waals surface area contributed by atoms with Crippen LogP contribution in [0.5, 0.6) is 0 Å². The van der Waals surface area contributed by atoms with Crippen LogP contribution in [0.25, 0.3) is 10.9 Å². The van der Waals surface area contributed by atoms with Gasteiger partial charge >= 0.3 is 5.97 Å². The van der Waals surface area contributed by atoms with E-state index in [1.165, 1.54) is 10.8 Å². The Morgan fingerprint density at radius 3 is 2.32 bits per heavy atom. The highest BCUT2D eigenvalue weighted by atomic mass is 19.1. The number of rotatable bonds is 1. The van der Waals surface area contributed by atoms with Crippen molar-refractivity contribution in [3.8, 4) is 0 Å². The summed E-state index contributed by atoms with van der Waals surface area (Å²) in [4.78, 5) is 23.3. The molecule has 0 atom stereocenters. The molecule has 19 heavy (non-hydrogen) atoms. The number of aromatic nitrogens is 1. The molecular formula is C14H14FNO3. The van der Waals surface area contributed by atoms with Crippen molar-refractivity contribution in [3.63, 3.8) is 0 Å². The summed E-state index contributed by atoms with van der Waals surface area (Å²) in [6, 6.07) is 0. The first-order chi connectivity index (χ1) is 8.77. The largest absolute Gasteiger partial charge is 0.477 e. The summed E-state index contributed by atoms with van der Waals surface area (Å²) in [7, 11) is 1.61. The van der Waals surface area contributed by atoms with Crippen molar-refractivity contribution >= 4 is 16.9 Å². The van der Waals surface area contributed by atoms with Gasteiger partial charge < -0.3 is 9.67 Å².